The molecule has 0 spiro atoms. The standard InChI is InChI=1S/C24H15Cl2N3S2/c1-14-10-16(30-22-5-3-2-4-19(22)26)7-8-17(14)23-18-11-15(25)6-9-21(18)31-24-20(29-23)12-27-13-28-24/h2-13H,1H3. The largest absolute Gasteiger partial charge is 0.243 e. The number of hydrogen-bond donors (Lipinski definition) is 0. The minimum Gasteiger partial charge on any atom is -0.243 e. The molecule has 0 saturated carbocycles. The van der Waals surface area contributed by atoms with Gasteiger partial charge in [-0.25, -0.2) is 15.0 Å². The van der Waals surface area contributed by atoms with Gasteiger partial charge in [0.15, 0.2) is 0 Å². The molecule has 5 rings (SSSR count). The number of aliphatic imine (C=N–C) groups is 1. The highest BCUT2D eigenvalue weighted by Gasteiger charge is 2.21. The molecule has 0 fully saturated rings. The number of nitrogens with zero attached hydrogens (tertiary/aromatic N) is 3. The molecule has 0 amide bonds. The second-order valence-corrected chi connectivity index (χ2v) is 9.91. The van der Waals surface area contributed by atoms with Gasteiger partial charge >= 0.3 is 0 Å². The zero-order valence-electron chi connectivity index (χ0n) is 16.3. The van der Waals surface area contributed by atoms with Gasteiger partial charge in [0.1, 0.15) is 17.0 Å². The van der Waals surface area contributed by atoms with Crippen LogP contribution >= 0.6 is 46.7 Å². The fourth-order valence-corrected chi connectivity index (χ4v) is 5.63. The number of aryl methyl sites for hydroxylation is 1. The van der Waals surface area contributed by atoms with Crippen LogP contribution in [0.25, 0.3) is 0 Å². The highest BCUT2D eigenvalue weighted by molar-refractivity contribution is 7.99. The molecule has 7 heteroatoms. The predicted octanol–water partition coefficient (Wildman–Crippen LogP) is 7.88. The van der Waals surface area contributed by atoms with Crippen LogP contribution < -0.4 is 0 Å². The topological polar surface area (TPSA) is 38.1 Å². The van der Waals surface area contributed by atoms with Gasteiger partial charge in [0.2, 0.25) is 0 Å². The van der Waals surface area contributed by atoms with Gasteiger partial charge in [0.25, 0.3) is 0 Å². The van der Waals surface area contributed by atoms with Crippen molar-refractivity contribution < 1.29 is 0 Å². The van der Waals surface area contributed by atoms with E-state index >= 15 is 0 Å². The van der Waals surface area contributed by atoms with Gasteiger partial charge in [-0.1, -0.05) is 64.9 Å². The van der Waals surface area contributed by atoms with E-state index in [0.29, 0.717) is 5.02 Å². The Morgan fingerprint density at radius 2 is 1.81 bits per heavy atom. The summed E-state index contributed by atoms with van der Waals surface area (Å²) in [7, 11) is 0. The Balaban J connectivity index is 1.61. The zero-order chi connectivity index (χ0) is 21.4. The summed E-state index contributed by atoms with van der Waals surface area (Å²) in [4.78, 5) is 16.8. The van der Waals surface area contributed by atoms with Gasteiger partial charge in [0, 0.05) is 30.8 Å². The third-order valence-corrected chi connectivity index (χ3v) is 7.64. The molecule has 0 saturated heterocycles. The van der Waals surface area contributed by atoms with Crippen LogP contribution in [0, 0.1) is 6.92 Å². The lowest BCUT2D eigenvalue weighted by Crippen LogP contribution is -2.06. The van der Waals surface area contributed by atoms with Crippen LogP contribution in [0.2, 0.25) is 10.0 Å². The summed E-state index contributed by atoms with van der Waals surface area (Å²) in [5.74, 6) is 0. The second-order valence-electron chi connectivity index (χ2n) is 6.93. The lowest BCUT2D eigenvalue weighted by molar-refractivity contribution is 1.04. The van der Waals surface area contributed by atoms with Crippen LogP contribution in [0.5, 0.6) is 0 Å². The van der Waals surface area contributed by atoms with Crippen molar-refractivity contribution in [3.8, 4) is 0 Å². The summed E-state index contributed by atoms with van der Waals surface area (Å²) in [5, 5.41) is 2.25. The first-order valence-corrected chi connectivity index (χ1v) is 11.9. The van der Waals surface area contributed by atoms with Gasteiger partial charge in [-0.15, -0.1) is 0 Å². The molecule has 0 atom stereocenters. The van der Waals surface area contributed by atoms with E-state index in [9.17, 15) is 0 Å². The zero-order valence-corrected chi connectivity index (χ0v) is 19.5. The summed E-state index contributed by atoms with van der Waals surface area (Å²) in [5.41, 5.74) is 4.77. The Morgan fingerprint density at radius 3 is 2.65 bits per heavy atom. The van der Waals surface area contributed by atoms with Gasteiger partial charge in [-0.05, 0) is 55.0 Å². The number of aromatic nitrogens is 2. The second kappa shape index (κ2) is 8.67. The molecule has 0 N–H and O–H groups in total. The van der Waals surface area contributed by atoms with E-state index in [2.05, 4.69) is 35.1 Å². The third kappa shape index (κ3) is 4.23. The van der Waals surface area contributed by atoms with Crippen LogP contribution in [0.4, 0.5) is 5.69 Å². The van der Waals surface area contributed by atoms with E-state index in [1.165, 1.54) is 0 Å². The first-order chi connectivity index (χ1) is 15.1. The maximum atomic E-state index is 6.36. The summed E-state index contributed by atoms with van der Waals surface area (Å²) >= 11 is 15.9. The summed E-state index contributed by atoms with van der Waals surface area (Å²) in [6.45, 7) is 2.10. The van der Waals surface area contributed by atoms with Crippen molar-refractivity contribution in [1.82, 2.24) is 9.97 Å². The lowest BCUT2D eigenvalue weighted by Gasteiger charge is -2.13. The van der Waals surface area contributed by atoms with E-state index in [-0.39, 0.29) is 0 Å². The molecule has 1 aliphatic rings. The first kappa shape index (κ1) is 20.6. The maximum absolute atomic E-state index is 6.36. The summed E-state index contributed by atoms with van der Waals surface area (Å²) in [6.07, 6.45) is 3.30. The average Bonchev–Trinajstić information content (AvgIpc) is 2.92. The normalized spacial score (nSPS) is 12.5. The number of fused-ring (bicyclic) bond motifs is 2. The Kier molecular flexibility index (Phi) is 5.76. The van der Waals surface area contributed by atoms with Crippen LogP contribution in [0.15, 0.2) is 97.9 Å². The molecule has 0 aliphatic carbocycles. The SMILES string of the molecule is Cc1cc(Sc2ccccc2Cl)ccc1C1=Nc2cncnc2Sc2ccc(Cl)cc21. The van der Waals surface area contributed by atoms with Gasteiger partial charge in [0.05, 0.1) is 16.9 Å². The van der Waals surface area contributed by atoms with Crippen molar-refractivity contribution >= 4 is 58.1 Å². The molecule has 0 unspecified atom stereocenters. The summed E-state index contributed by atoms with van der Waals surface area (Å²) in [6, 6.07) is 20.1. The molecule has 0 radical (unpaired) electrons. The van der Waals surface area contributed by atoms with E-state index in [4.69, 9.17) is 28.2 Å². The summed E-state index contributed by atoms with van der Waals surface area (Å²) < 4.78 is 0. The molecular weight excluding hydrogens is 465 g/mol. The van der Waals surface area contributed by atoms with Crippen LogP contribution in [-0.4, -0.2) is 15.7 Å². The highest BCUT2D eigenvalue weighted by Crippen LogP contribution is 2.41. The Bertz CT molecular complexity index is 1340. The number of rotatable bonds is 3. The number of hydrogen-bond acceptors (Lipinski definition) is 5. The predicted molar refractivity (Wildman–Crippen MR) is 130 cm³/mol. The highest BCUT2D eigenvalue weighted by atomic mass is 35.5. The van der Waals surface area contributed by atoms with Gasteiger partial charge in [-0.2, -0.15) is 0 Å². The lowest BCUT2D eigenvalue weighted by atomic mass is 9.98. The first-order valence-electron chi connectivity index (χ1n) is 9.48. The Hall–Kier alpha value is -2.31. The van der Waals surface area contributed by atoms with Gasteiger partial charge in [-0.3, -0.25) is 0 Å². The molecule has 1 aromatic heterocycles. The van der Waals surface area contributed by atoms with E-state index < -0.39 is 0 Å². The Labute approximate surface area is 199 Å². The molecule has 1 aliphatic heterocycles. The van der Waals surface area contributed by atoms with Crippen molar-refractivity contribution in [3.63, 3.8) is 0 Å². The monoisotopic (exact) mass is 479 g/mol. The smallest absolute Gasteiger partial charge is 0.130 e. The molecule has 3 aromatic carbocycles. The van der Waals surface area contributed by atoms with Crippen molar-refractivity contribution in [2.24, 2.45) is 4.99 Å². The Morgan fingerprint density at radius 1 is 0.935 bits per heavy atom. The molecule has 152 valence electrons. The van der Waals surface area contributed by atoms with E-state index in [1.807, 2.05) is 42.5 Å². The number of halogens is 2. The fraction of sp³-hybridized carbons (Fsp3) is 0.0417. The molecule has 4 aromatic rings. The molecule has 2 heterocycles. The maximum Gasteiger partial charge on any atom is 0.130 e. The van der Waals surface area contributed by atoms with Crippen molar-refractivity contribution in [2.75, 3.05) is 0 Å². The molecule has 3 nitrogen and oxygen atoms in total. The van der Waals surface area contributed by atoms with Crippen molar-refractivity contribution in [1.29, 1.82) is 0 Å². The molecular formula is C24H15Cl2N3S2. The van der Waals surface area contributed by atoms with Crippen LogP contribution in [0.1, 0.15) is 16.7 Å². The minimum atomic E-state index is 0.674. The van der Waals surface area contributed by atoms with E-state index in [0.717, 1.165) is 52.8 Å². The minimum absolute atomic E-state index is 0.674. The van der Waals surface area contributed by atoms with Crippen molar-refractivity contribution in [3.05, 3.63) is 99.9 Å². The van der Waals surface area contributed by atoms with Crippen LogP contribution in [-0.2, 0) is 0 Å². The quantitative estimate of drug-likeness (QED) is 0.246. The van der Waals surface area contributed by atoms with E-state index in [1.54, 1.807) is 36.0 Å². The van der Waals surface area contributed by atoms with Crippen molar-refractivity contribution in [2.45, 2.75) is 26.6 Å². The molecule has 31 heavy (non-hydrogen) atoms. The number of benzene rings is 3. The van der Waals surface area contributed by atoms with Gasteiger partial charge < -0.3 is 0 Å². The fourth-order valence-electron chi connectivity index (χ4n) is 3.35. The average molecular weight is 480 g/mol. The molecule has 0 bridgehead atoms. The third-order valence-electron chi connectivity index (χ3n) is 4.81. The van der Waals surface area contributed by atoms with Crippen LogP contribution in [0.3, 0.4) is 0 Å².